The van der Waals surface area contributed by atoms with Crippen molar-refractivity contribution in [3.8, 4) is 11.8 Å². The van der Waals surface area contributed by atoms with Gasteiger partial charge in [-0.05, 0) is 18.6 Å². The lowest BCUT2D eigenvalue weighted by atomic mass is 10.0. The molecule has 0 unspecified atom stereocenters. The number of imidazole rings is 1. The van der Waals surface area contributed by atoms with Gasteiger partial charge in [0.05, 0.1) is 5.92 Å². The molecule has 0 bridgehead atoms. The first-order valence-electron chi connectivity index (χ1n) is 19.3. The smallest absolute Gasteiger partial charge is 0.316 e. The van der Waals surface area contributed by atoms with E-state index in [2.05, 4.69) is 21.9 Å². The number of hydrogen-bond donors (Lipinski definition) is 2. The standard InChI is InChI=1S/C40H55N5O7/c1-2-3-4-5-6-7-8-9-10-11-12-13-14-15-19-26-34(46)52-31-27-33(51-32(31)28-49-38(48)29-22-20-21-23-29)45-36-35(37(47)44-39(41)43-36)42-40(45)50-30-24-17-16-18-25-30/h16-18,20-25,29,31-33H,2-15,19,26-28H2,1H3,(H3,41,43,44,47)/t31-,32+,33+/m0/s1. The summed E-state index contributed by atoms with van der Waals surface area (Å²) in [5, 5.41) is 0. The van der Waals surface area contributed by atoms with E-state index >= 15 is 0 Å². The maximum absolute atomic E-state index is 13.1. The van der Waals surface area contributed by atoms with Crippen LogP contribution >= 0.6 is 0 Å². The fourth-order valence-corrected chi connectivity index (χ4v) is 6.76. The summed E-state index contributed by atoms with van der Waals surface area (Å²) >= 11 is 0. The van der Waals surface area contributed by atoms with Crippen LogP contribution in [0.5, 0.6) is 11.8 Å². The molecule has 1 aliphatic carbocycles. The van der Waals surface area contributed by atoms with Crippen LogP contribution in [-0.2, 0) is 23.8 Å². The molecule has 12 heteroatoms. The number of benzene rings is 1. The van der Waals surface area contributed by atoms with Gasteiger partial charge in [0.25, 0.3) is 5.56 Å². The number of para-hydroxylation sites is 1. The second-order valence-electron chi connectivity index (χ2n) is 13.8. The van der Waals surface area contributed by atoms with Crippen molar-refractivity contribution >= 4 is 29.1 Å². The van der Waals surface area contributed by atoms with E-state index in [9.17, 15) is 14.4 Å². The van der Waals surface area contributed by atoms with Gasteiger partial charge >= 0.3 is 17.9 Å². The molecule has 0 radical (unpaired) electrons. The van der Waals surface area contributed by atoms with Crippen LogP contribution in [0.15, 0.2) is 59.4 Å². The number of anilines is 1. The number of carbonyl (C=O) groups is 2. The number of esters is 2. The second kappa shape index (κ2) is 20.6. The highest BCUT2D eigenvalue weighted by atomic mass is 16.6. The highest BCUT2D eigenvalue weighted by Gasteiger charge is 2.42. The molecule has 3 N–H and O–H groups in total. The van der Waals surface area contributed by atoms with Gasteiger partial charge in [0.15, 0.2) is 11.2 Å². The van der Waals surface area contributed by atoms with Crippen LogP contribution in [0.25, 0.3) is 11.2 Å². The number of ether oxygens (including phenoxy) is 4. The van der Waals surface area contributed by atoms with Gasteiger partial charge in [-0.3, -0.25) is 23.9 Å². The Labute approximate surface area is 306 Å². The van der Waals surface area contributed by atoms with Gasteiger partial charge in [-0.15, -0.1) is 0 Å². The van der Waals surface area contributed by atoms with Crippen molar-refractivity contribution in [2.75, 3.05) is 12.3 Å². The molecule has 0 saturated carbocycles. The highest BCUT2D eigenvalue weighted by Crippen LogP contribution is 2.37. The number of fused-ring (bicyclic) bond motifs is 1. The molecule has 3 aromatic rings. The molecule has 5 rings (SSSR count). The largest absolute Gasteiger partial charge is 0.462 e. The lowest BCUT2D eigenvalue weighted by Gasteiger charge is -2.19. The maximum atomic E-state index is 13.1. The number of allylic oxidation sites excluding steroid dienone is 2. The Hall–Kier alpha value is -4.45. The number of nitrogens with one attached hydrogen (secondary N) is 1. The third-order valence-corrected chi connectivity index (χ3v) is 9.63. The van der Waals surface area contributed by atoms with E-state index < -0.39 is 35.9 Å². The van der Waals surface area contributed by atoms with Gasteiger partial charge in [0.2, 0.25) is 5.95 Å². The highest BCUT2D eigenvalue weighted by molar-refractivity contribution is 5.77. The fourth-order valence-electron chi connectivity index (χ4n) is 6.76. The van der Waals surface area contributed by atoms with Gasteiger partial charge in [-0.2, -0.15) is 9.97 Å². The number of nitrogens with zero attached hydrogens (tertiary/aromatic N) is 3. The molecule has 1 fully saturated rings. The lowest BCUT2D eigenvalue weighted by molar-refractivity contribution is -0.159. The van der Waals surface area contributed by atoms with Crippen molar-refractivity contribution in [1.29, 1.82) is 0 Å². The van der Waals surface area contributed by atoms with E-state index in [1.807, 2.05) is 18.2 Å². The zero-order valence-electron chi connectivity index (χ0n) is 30.5. The fraction of sp³-hybridized carbons (Fsp3) is 0.575. The van der Waals surface area contributed by atoms with E-state index in [-0.39, 0.29) is 48.5 Å². The normalized spacial score (nSPS) is 18.4. The van der Waals surface area contributed by atoms with Crippen LogP contribution in [0.1, 0.15) is 122 Å². The molecule has 282 valence electrons. The Kier molecular flexibility index (Phi) is 15.3. The van der Waals surface area contributed by atoms with Crippen molar-refractivity contribution in [1.82, 2.24) is 19.5 Å². The van der Waals surface area contributed by atoms with E-state index in [4.69, 9.17) is 24.7 Å². The first-order chi connectivity index (χ1) is 25.4. The Morgan fingerprint density at radius 3 is 2.13 bits per heavy atom. The van der Waals surface area contributed by atoms with Gasteiger partial charge in [-0.1, -0.05) is 139 Å². The van der Waals surface area contributed by atoms with Crippen LogP contribution in [-0.4, -0.2) is 50.3 Å². The number of H-pyrrole nitrogens is 1. The molecule has 1 saturated heterocycles. The van der Waals surface area contributed by atoms with Crippen LogP contribution in [0, 0.1) is 5.92 Å². The third-order valence-electron chi connectivity index (χ3n) is 9.63. The second-order valence-corrected chi connectivity index (χ2v) is 13.8. The van der Waals surface area contributed by atoms with Crippen LogP contribution in [0.4, 0.5) is 5.95 Å². The van der Waals surface area contributed by atoms with Gasteiger partial charge in [0, 0.05) is 12.8 Å². The Morgan fingerprint density at radius 1 is 0.885 bits per heavy atom. The third kappa shape index (κ3) is 11.5. The summed E-state index contributed by atoms with van der Waals surface area (Å²) in [6.45, 7) is 2.12. The number of unbranched alkanes of at least 4 members (excludes halogenated alkanes) is 14. The molecule has 3 atom stereocenters. The summed E-state index contributed by atoms with van der Waals surface area (Å²) < 4.78 is 25.6. The number of rotatable bonds is 23. The van der Waals surface area contributed by atoms with Crippen LogP contribution in [0.2, 0.25) is 0 Å². The van der Waals surface area contributed by atoms with Crippen molar-refractivity contribution in [2.24, 2.45) is 5.92 Å². The molecule has 1 aromatic carbocycles. The minimum atomic E-state index is -0.823. The first kappa shape index (κ1) is 38.8. The van der Waals surface area contributed by atoms with E-state index in [1.54, 1.807) is 36.4 Å². The molecule has 2 aliphatic rings. The van der Waals surface area contributed by atoms with Crippen LogP contribution < -0.4 is 16.0 Å². The molecule has 0 amide bonds. The van der Waals surface area contributed by atoms with E-state index in [0.29, 0.717) is 5.75 Å². The number of aromatic nitrogens is 4. The molecule has 12 nitrogen and oxygen atoms in total. The van der Waals surface area contributed by atoms with Crippen molar-refractivity contribution in [2.45, 2.75) is 135 Å². The molecule has 52 heavy (non-hydrogen) atoms. The summed E-state index contributed by atoms with van der Waals surface area (Å²) in [5.74, 6) is -0.863. The summed E-state index contributed by atoms with van der Waals surface area (Å²) in [6, 6.07) is 9.03. The average molecular weight is 718 g/mol. The minimum absolute atomic E-state index is 0.0140. The number of hydrogen-bond acceptors (Lipinski definition) is 10. The number of nitrogen functional groups attached to an aromatic ring is 1. The monoisotopic (exact) mass is 717 g/mol. The SMILES string of the molecule is CCCCCCCCCCCCCCCCCC(=O)O[C@H]1C[C@H](n2c(Oc3ccccc3)nc3c(=O)[nH]c(N)nc32)O[C@@H]1COC(=O)C1C=CC=C1. The van der Waals surface area contributed by atoms with Gasteiger partial charge in [0.1, 0.15) is 30.8 Å². The molecular weight excluding hydrogens is 662 g/mol. The minimum Gasteiger partial charge on any atom is -0.462 e. The Bertz CT molecular complexity index is 1670. The molecular formula is C40H55N5O7. The quantitative estimate of drug-likeness (QED) is 0.0722. The van der Waals surface area contributed by atoms with E-state index in [0.717, 1.165) is 19.3 Å². The van der Waals surface area contributed by atoms with Gasteiger partial charge in [-0.25, -0.2) is 0 Å². The summed E-state index contributed by atoms with van der Waals surface area (Å²) in [6.07, 6.45) is 23.8. The Balaban J connectivity index is 1.14. The summed E-state index contributed by atoms with van der Waals surface area (Å²) in [5.41, 5.74) is 5.55. The number of nitrogens with two attached hydrogens (primary N) is 1. The molecule has 0 spiro atoms. The maximum Gasteiger partial charge on any atom is 0.316 e. The number of aromatic amines is 1. The van der Waals surface area contributed by atoms with Crippen molar-refractivity contribution in [3.05, 3.63) is 65.0 Å². The zero-order chi connectivity index (χ0) is 36.5. The average Bonchev–Trinajstić information content (AvgIpc) is 3.89. The van der Waals surface area contributed by atoms with Crippen LogP contribution in [0.3, 0.4) is 0 Å². The summed E-state index contributed by atoms with van der Waals surface area (Å²) in [4.78, 5) is 49.9. The lowest BCUT2D eigenvalue weighted by Crippen LogP contribution is -2.32. The predicted octanol–water partition coefficient (Wildman–Crippen LogP) is 8.24. The first-order valence-corrected chi connectivity index (χ1v) is 19.3. The summed E-state index contributed by atoms with van der Waals surface area (Å²) in [7, 11) is 0. The topological polar surface area (TPSA) is 161 Å². The van der Waals surface area contributed by atoms with Crippen molar-refractivity contribution < 1.29 is 28.5 Å². The number of carbonyl (C=O) groups excluding carboxylic acids is 2. The van der Waals surface area contributed by atoms with Gasteiger partial charge < -0.3 is 24.7 Å². The molecule has 1 aliphatic heterocycles. The Morgan fingerprint density at radius 2 is 1.50 bits per heavy atom. The van der Waals surface area contributed by atoms with E-state index in [1.165, 1.54) is 81.6 Å². The molecule has 3 heterocycles. The molecule has 2 aromatic heterocycles. The van der Waals surface area contributed by atoms with Crippen molar-refractivity contribution in [3.63, 3.8) is 0 Å². The zero-order valence-corrected chi connectivity index (χ0v) is 30.5. The predicted molar refractivity (Wildman–Crippen MR) is 200 cm³/mol.